The van der Waals surface area contributed by atoms with Crippen molar-refractivity contribution in [3.8, 4) is 0 Å². The van der Waals surface area contributed by atoms with Crippen molar-refractivity contribution >= 4 is 0 Å². The van der Waals surface area contributed by atoms with Crippen LogP contribution < -0.4 is 0 Å². The Bertz CT molecular complexity index is 150. The fourth-order valence-corrected chi connectivity index (χ4v) is 1.22. The number of aliphatic hydroxyl groups is 4. The Balaban J connectivity index is 4.37. The van der Waals surface area contributed by atoms with Crippen LogP contribution in [0.15, 0.2) is 0 Å². The molecule has 0 amide bonds. The molecule has 0 saturated carbocycles. The quantitative estimate of drug-likeness (QED) is 0.437. The number of hydrogen-bond acceptors (Lipinski definition) is 5. The van der Waals surface area contributed by atoms with Gasteiger partial charge in [0.1, 0.15) is 18.3 Å². The zero-order valence-electron chi connectivity index (χ0n) is 8.79. The molecule has 0 aromatic carbocycles. The Morgan fingerprint density at radius 1 is 1.07 bits per heavy atom. The Morgan fingerprint density at radius 2 is 1.57 bits per heavy atom. The molecule has 0 spiro atoms. The molecule has 0 aliphatic rings. The van der Waals surface area contributed by atoms with Crippen molar-refractivity contribution in [1.82, 2.24) is 0 Å². The minimum atomic E-state index is -1.21. The molecule has 0 aromatic heterocycles. The summed E-state index contributed by atoms with van der Waals surface area (Å²) in [6, 6.07) is 0. The molecule has 4 unspecified atom stereocenters. The predicted octanol–water partition coefficient (Wildman–Crippen LogP) is -1.27. The Kier molecular flexibility index (Phi) is 6.22. The summed E-state index contributed by atoms with van der Waals surface area (Å²) in [5.74, 6) is -0.145. The summed E-state index contributed by atoms with van der Waals surface area (Å²) in [6.45, 7) is 2.97. The number of ether oxygens (including phenoxy) is 1. The van der Waals surface area contributed by atoms with E-state index in [0.29, 0.717) is 0 Å². The summed E-state index contributed by atoms with van der Waals surface area (Å²) in [5.41, 5.74) is 0. The van der Waals surface area contributed by atoms with Gasteiger partial charge in [0, 0.05) is 7.11 Å². The maximum atomic E-state index is 9.60. The number of rotatable bonds is 6. The highest BCUT2D eigenvalue weighted by molar-refractivity contribution is 4.83. The van der Waals surface area contributed by atoms with Crippen molar-refractivity contribution < 1.29 is 25.2 Å². The molecule has 0 aromatic rings. The smallest absolute Gasteiger partial charge is 0.114 e. The minimum absolute atomic E-state index is 0.145. The lowest BCUT2D eigenvalue weighted by Gasteiger charge is -2.30. The molecular formula is C9H20O5. The molecule has 4 atom stereocenters. The number of aliphatic hydroxyl groups excluding tert-OH is 4. The van der Waals surface area contributed by atoms with Crippen LogP contribution in [0.2, 0.25) is 0 Å². The molecule has 0 aliphatic heterocycles. The minimum Gasteiger partial charge on any atom is -0.394 e. The van der Waals surface area contributed by atoms with Gasteiger partial charge in [-0.15, -0.1) is 0 Å². The normalized spacial score (nSPS) is 20.6. The van der Waals surface area contributed by atoms with Crippen molar-refractivity contribution in [2.24, 2.45) is 5.92 Å². The van der Waals surface area contributed by atoms with E-state index < -0.39 is 31.0 Å². The first kappa shape index (κ1) is 13.8. The van der Waals surface area contributed by atoms with Crippen molar-refractivity contribution in [2.75, 3.05) is 13.7 Å². The molecule has 0 radical (unpaired) electrons. The van der Waals surface area contributed by atoms with E-state index in [1.165, 1.54) is 7.11 Å². The van der Waals surface area contributed by atoms with Gasteiger partial charge < -0.3 is 25.2 Å². The average molecular weight is 208 g/mol. The predicted molar refractivity (Wildman–Crippen MR) is 50.7 cm³/mol. The summed E-state index contributed by atoms with van der Waals surface area (Å²) in [5, 5.41) is 37.1. The molecule has 0 saturated heterocycles. The van der Waals surface area contributed by atoms with E-state index in [-0.39, 0.29) is 5.92 Å². The first-order valence-electron chi connectivity index (χ1n) is 4.63. The Morgan fingerprint density at radius 3 is 1.86 bits per heavy atom. The van der Waals surface area contributed by atoms with Gasteiger partial charge in [-0.3, -0.25) is 0 Å². The zero-order valence-corrected chi connectivity index (χ0v) is 8.79. The Hall–Kier alpha value is -0.200. The maximum Gasteiger partial charge on any atom is 0.114 e. The molecule has 0 bridgehead atoms. The van der Waals surface area contributed by atoms with Crippen LogP contribution >= 0.6 is 0 Å². The van der Waals surface area contributed by atoms with Crippen LogP contribution in [0.25, 0.3) is 0 Å². The molecule has 14 heavy (non-hydrogen) atoms. The lowest BCUT2D eigenvalue weighted by atomic mass is 9.95. The van der Waals surface area contributed by atoms with Gasteiger partial charge in [0.15, 0.2) is 0 Å². The molecule has 0 aliphatic carbocycles. The van der Waals surface area contributed by atoms with Gasteiger partial charge in [-0.25, -0.2) is 0 Å². The lowest BCUT2D eigenvalue weighted by Crippen LogP contribution is -2.48. The third kappa shape index (κ3) is 3.51. The van der Waals surface area contributed by atoms with Crippen LogP contribution in [0.5, 0.6) is 0 Å². The van der Waals surface area contributed by atoms with E-state index >= 15 is 0 Å². The van der Waals surface area contributed by atoms with E-state index in [2.05, 4.69) is 0 Å². The van der Waals surface area contributed by atoms with Gasteiger partial charge >= 0.3 is 0 Å². The lowest BCUT2D eigenvalue weighted by molar-refractivity contribution is -0.137. The van der Waals surface area contributed by atoms with E-state index in [4.69, 9.17) is 9.84 Å². The molecule has 0 rings (SSSR count). The summed E-state index contributed by atoms with van der Waals surface area (Å²) in [4.78, 5) is 0. The molecule has 86 valence electrons. The first-order valence-corrected chi connectivity index (χ1v) is 4.63. The van der Waals surface area contributed by atoms with Gasteiger partial charge in [0.2, 0.25) is 0 Å². The van der Waals surface area contributed by atoms with Crippen LogP contribution in [0.3, 0.4) is 0 Å². The highest BCUT2D eigenvalue weighted by atomic mass is 16.5. The Labute approximate surface area is 83.9 Å². The second kappa shape index (κ2) is 6.31. The van der Waals surface area contributed by atoms with E-state index in [1.807, 2.05) is 0 Å². The van der Waals surface area contributed by atoms with Crippen molar-refractivity contribution in [1.29, 1.82) is 0 Å². The van der Waals surface area contributed by atoms with E-state index in [9.17, 15) is 15.3 Å². The highest BCUT2D eigenvalue weighted by Gasteiger charge is 2.32. The van der Waals surface area contributed by atoms with Gasteiger partial charge in [-0.2, -0.15) is 0 Å². The van der Waals surface area contributed by atoms with Crippen molar-refractivity contribution in [2.45, 2.75) is 38.3 Å². The second-order valence-corrected chi connectivity index (χ2v) is 3.68. The SMILES string of the molecule is COC(C(O)CO)C(O)C(O)C(C)C. The molecular weight excluding hydrogens is 188 g/mol. The number of methoxy groups -OCH3 is 1. The summed E-state index contributed by atoms with van der Waals surface area (Å²) in [6.07, 6.45) is -4.36. The summed E-state index contributed by atoms with van der Waals surface area (Å²) < 4.78 is 4.82. The molecule has 5 nitrogen and oxygen atoms in total. The highest BCUT2D eigenvalue weighted by Crippen LogP contribution is 2.14. The average Bonchev–Trinajstić information content (AvgIpc) is 2.16. The monoisotopic (exact) mass is 208 g/mol. The first-order chi connectivity index (χ1) is 6.45. The third-order valence-corrected chi connectivity index (χ3v) is 2.21. The molecule has 5 heteroatoms. The number of hydrogen-bond donors (Lipinski definition) is 4. The largest absolute Gasteiger partial charge is 0.394 e. The summed E-state index contributed by atoms with van der Waals surface area (Å²) >= 11 is 0. The molecule has 0 fully saturated rings. The molecule has 4 N–H and O–H groups in total. The standard InChI is InChI=1S/C9H20O5/c1-5(2)7(12)8(13)9(14-3)6(11)4-10/h5-13H,4H2,1-3H3. The van der Waals surface area contributed by atoms with Crippen LogP contribution in [0.1, 0.15) is 13.8 Å². The second-order valence-electron chi connectivity index (χ2n) is 3.68. The maximum absolute atomic E-state index is 9.60. The van der Waals surface area contributed by atoms with Gasteiger partial charge in [0.05, 0.1) is 12.7 Å². The topological polar surface area (TPSA) is 90.2 Å². The fourth-order valence-electron chi connectivity index (χ4n) is 1.22. The van der Waals surface area contributed by atoms with E-state index in [1.54, 1.807) is 13.8 Å². The zero-order chi connectivity index (χ0) is 11.3. The third-order valence-electron chi connectivity index (χ3n) is 2.21. The van der Waals surface area contributed by atoms with Crippen molar-refractivity contribution in [3.63, 3.8) is 0 Å². The van der Waals surface area contributed by atoms with Gasteiger partial charge in [-0.1, -0.05) is 13.8 Å². The van der Waals surface area contributed by atoms with Crippen LogP contribution in [0.4, 0.5) is 0 Å². The van der Waals surface area contributed by atoms with Gasteiger partial charge in [-0.05, 0) is 5.92 Å². The summed E-state index contributed by atoms with van der Waals surface area (Å²) in [7, 11) is 1.31. The van der Waals surface area contributed by atoms with Crippen LogP contribution in [-0.2, 0) is 4.74 Å². The van der Waals surface area contributed by atoms with E-state index in [0.717, 1.165) is 0 Å². The van der Waals surface area contributed by atoms with Crippen molar-refractivity contribution in [3.05, 3.63) is 0 Å². The molecule has 0 heterocycles. The fraction of sp³-hybridized carbons (Fsp3) is 1.00. The van der Waals surface area contributed by atoms with Gasteiger partial charge in [0.25, 0.3) is 0 Å². The van der Waals surface area contributed by atoms with Crippen LogP contribution in [0, 0.1) is 5.92 Å². The van der Waals surface area contributed by atoms with Crippen LogP contribution in [-0.4, -0.2) is 58.6 Å².